The van der Waals surface area contributed by atoms with Crippen LogP contribution < -0.4 is 23.7 Å². The monoisotopic (exact) mass is 764 g/mol. The van der Waals surface area contributed by atoms with Crippen LogP contribution in [0.15, 0.2) is 28.7 Å². The molecule has 0 saturated heterocycles. The van der Waals surface area contributed by atoms with Gasteiger partial charge in [-0.05, 0) is 128 Å². The number of phenols is 2. The quantitative estimate of drug-likeness (QED) is 0.112. The second-order valence-electron chi connectivity index (χ2n) is 11.9. The molecule has 0 aromatic heterocycles. The van der Waals surface area contributed by atoms with Gasteiger partial charge in [0, 0.05) is 12.1 Å². The molecule has 0 aliphatic carbocycles. The summed E-state index contributed by atoms with van der Waals surface area (Å²) in [7, 11) is 2.66. The number of carbonyl (C=O) groups is 4. The van der Waals surface area contributed by atoms with Crippen molar-refractivity contribution in [2.24, 2.45) is 0 Å². The number of carbonyl (C=O) groups excluding carboxylic acids is 3. The minimum Gasteiger partial charge on any atom is -0.508 e. The van der Waals surface area contributed by atoms with Crippen LogP contribution in [0.25, 0.3) is 0 Å². The third-order valence-electron chi connectivity index (χ3n) is 8.94. The molecular formula is C38H37BrO12. The summed E-state index contributed by atoms with van der Waals surface area (Å²) in [5.74, 6) is -3.88. The molecule has 0 radical (unpaired) electrons. The third-order valence-corrected chi connectivity index (χ3v) is 9.67. The summed E-state index contributed by atoms with van der Waals surface area (Å²) in [6.07, 6.45) is 0. The fourth-order valence-corrected chi connectivity index (χ4v) is 6.32. The molecule has 13 heteroatoms. The molecule has 0 spiro atoms. The lowest BCUT2D eigenvalue weighted by Crippen LogP contribution is -2.18. The number of ether oxygens (including phenoxy) is 5. The summed E-state index contributed by atoms with van der Waals surface area (Å²) in [5, 5.41) is 30.7. The molecule has 0 atom stereocenters. The minimum absolute atomic E-state index is 0.0341. The molecule has 0 aliphatic heterocycles. The first-order chi connectivity index (χ1) is 23.9. The van der Waals surface area contributed by atoms with Crippen LogP contribution in [0.3, 0.4) is 0 Å². The smallest absolute Gasteiger partial charge is 0.347 e. The largest absolute Gasteiger partial charge is 0.508 e. The zero-order chi connectivity index (χ0) is 38.2. The van der Waals surface area contributed by atoms with Gasteiger partial charge >= 0.3 is 23.9 Å². The van der Waals surface area contributed by atoms with Crippen molar-refractivity contribution in [3.63, 3.8) is 0 Å². The molecule has 4 aromatic carbocycles. The number of halogens is 1. The fourth-order valence-electron chi connectivity index (χ4n) is 5.75. The highest BCUT2D eigenvalue weighted by Crippen LogP contribution is 2.44. The number of hydrogen-bond donors (Lipinski definition) is 3. The predicted octanol–water partition coefficient (Wildman–Crippen LogP) is 7.70. The van der Waals surface area contributed by atoms with E-state index in [2.05, 4.69) is 15.9 Å². The van der Waals surface area contributed by atoms with E-state index in [-0.39, 0.29) is 66.8 Å². The molecule has 0 saturated carbocycles. The molecule has 4 aromatic rings. The number of methoxy groups -OCH3 is 2. The Balaban J connectivity index is 1.65. The molecule has 0 aliphatic rings. The van der Waals surface area contributed by atoms with Crippen LogP contribution in [-0.4, -0.2) is 53.4 Å². The topological polar surface area (TPSA) is 175 Å². The molecule has 0 amide bonds. The summed E-state index contributed by atoms with van der Waals surface area (Å²) < 4.78 is 27.6. The highest BCUT2D eigenvalue weighted by Gasteiger charge is 2.30. The summed E-state index contributed by atoms with van der Waals surface area (Å²) >= 11 is 3.26. The Morgan fingerprint density at radius 2 is 0.980 bits per heavy atom. The maximum atomic E-state index is 13.6. The van der Waals surface area contributed by atoms with Crippen LogP contribution in [0.1, 0.15) is 85.9 Å². The summed E-state index contributed by atoms with van der Waals surface area (Å²) in [5.41, 5.74) is 3.27. The Labute approximate surface area is 302 Å². The van der Waals surface area contributed by atoms with Gasteiger partial charge in [-0.1, -0.05) is 0 Å². The number of aromatic carboxylic acids is 1. The number of carboxylic acids is 1. The average Bonchev–Trinajstić information content (AvgIpc) is 3.05. The number of hydrogen-bond acceptors (Lipinski definition) is 11. The summed E-state index contributed by atoms with van der Waals surface area (Å²) in [4.78, 5) is 52.1. The van der Waals surface area contributed by atoms with E-state index in [4.69, 9.17) is 23.7 Å². The van der Waals surface area contributed by atoms with Gasteiger partial charge in [0.2, 0.25) is 0 Å². The molecule has 51 heavy (non-hydrogen) atoms. The summed E-state index contributed by atoms with van der Waals surface area (Å²) in [6, 6.07) is 5.50. The first kappa shape index (κ1) is 38.2. The van der Waals surface area contributed by atoms with Gasteiger partial charge < -0.3 is 39.0 Å². The highest BCUT2D eigenvalue weighted by atomic mass is 79.9. The maximum absolute atomic E-state index is 13.6. The number of benzene rings is 4. The van der Waals surface area contributed by atoms with Crippen molar-refractivity contribution in [2.75, 3.05) is 14.2 Å². The second-order valence-corrected chi connectivity index (χ2v) is 12.7. The Kier molecular flexibility index (Phi) is 11.0. The van der Waals surface area contributed by atoms with Gasteiger partial charge in [-0.25, -0.2) is 19.2 Å². The minimum atomic E-state index is -1.18. The van der Waals surface area contributed by atoms with E-state index < -0.39 is 29.6 Å². The molecular weight excluding hydrogens is 728 g/mol. The van der Waals surface area contributed by atoms with Gasteiger partial charge in [-0.2, -0.15) is 0 Å². The van der Waals surface area contributed by atoms with Crippen LogP contribution in [0.5, 0.6) is 40.2 Å². The van der Waals surface area contributed by atoms with E-state index in [0.717, 1.165) is 0 Å². The molecule has 0 unspecified atom stereocenters. The van der Waals surface area contributed by atoms with Crippen molar-refractivity contribution in [3.05, 3.63) is 95.5 Å². The Bertz CT molecular complexity index is 2120. The Morgan fingerprint density at radius 1 is 0.529 bits per heavy atom. The van der Waals surface area contributed by atoms with Gasteiger partial charge in [0.1, 0.15) is 55.7 Å². The number of aryl methyl sites for hydroxylation is 2. The number of carboxylic acid groups (broad SMARTS) is 1. The lowest BCUT2D eigenvalue weighted by atomic mass is 9.97. The van der Waals surface area contributed by atoms with Crippen LogP contribution >= 0.6 is 15.9 Å². The molecule has 0 fully saturated rings. The molecule has 268 valence electrons. The van der Waals surface area contributed by atoms with Crippen molar-refractivity contribution in [1.29, 1.82) is 0 Å². The average molecular weight is 766 g/mol. The van der Waals surface area contributed by atoms with Gasteiger partial charge in [0.25, 0.3) is 0 Å². The number of esters is 3. The van der Waals surface area contributed by atoms with Crippen molar-refractivity contribution < 1.29 is 58.2 Å². The maximum Gasteiger partial charge on any atom is 0.347 e. The van der Waals surface area contributed by atoms with Crippen LogP contribution in [0.2, 0.25) is 0 Å². The number of phenolic OH excluding ortho intramolecular Hbond substituents is 2. The van der Waals surface area contributed by atoms with Crippen LogP contribution in [0, 0.1) is 55.4 Å². The van der Waals surface area contributed by atoms with Crippen molar-refractivity contribution in [3.8, 4) is 40.2 Å². The van der Waals surface area contributed by atoms with E-state index in [0.29, 0.717) is 38.9 Å². The van der Waals surface area contributed by atoms with Crippen LogP contribution in [0.4, 0.5) is 0 Å². The Morgan fingerprint density at radius 3 is 1.53 bits per heavy atom. The predicted molar refractivity (Wildman–Crippen MR) is 190 cm³/mol. The van der Waals surface area contributed by atoms with E-state index in [1.807, 2.05) is 0 Å². The van der Waals surface area contributed by atoms with E-state index >= 15 is 0 Å². The van der Waals surface area contributed by atoms with Gasteiger partial charge in [-0.3, -0.25) is 0 Å². The van der Waals surface area contributed by atoms with Crippen LogP contribution in [-0.2, 0) is 0 Å². The normalized spacial score (nSPS) is 10.8. The van der Waals surface area contributed by atoms with Gasteiger partial charge in [-0.15, -0.1) is 0 Å². The van der Waals surface area contributed by atoms with E-state index in [1.54, 1.807) is 55.4 Å². The lowest BCUT2D eigenvalue weighted by Gasteiger charge is -2.20. The Hall–Kier alpha value is -5.56. The number of aromatic hydroxyl groups is 2. The second kappa shape index (κ2) is 14.7. The zero-order valence-corrected chi connectivity index (χ0v) is 31.3. The fraction of sp³-hybridized carbons (Fsp3) is 0.263. The molecule has 12 nitrogen and oxygen atoms in total. The highest BCUT2D eigenvalue weighted by molar-refractivity contribution is 9.10. The van der Waals surface area contributed by atoms with E-state index in [1.165, 1.54) is 38.5 Å². The number of rotatable bonds is 9. The molecule has 0 heterocycles. The molecule has 4 rings (SSSR count). The van der Waals surface area contributed by atoms with Crippen molar-refractivity contribution >= 4 is 39.8 Å². The molecule has 3 N–H and O–H groups in total. The van der Waals surface area contributed by atoms with Crippen molar-refractivity contribution in [2.45, 2.75) is 55.4 Å². The van der Waals surface area contributed by atoms with Crippen molar-refractivity contribution in [1.82, 2.24) is 0 Å². The first-order valence-corrected chi connectivity index (χ1v) is 16.2. The van der Waals surface area contributed by atoms with E-state index in [9.17, 15) is 34.5 Å². The summed E-state index contributed by atoms with van der Waals surface area (Å²) in [6.45, 7) is 13.0. The lowest BCUT2D eigenvalue weighted by molar-refractivity contribution is 0.0687. The third kappa shape index (κ3) is 7.07. The van der Waals surface area contributed by atoms with Gasteiger partial charge in [0.05, 0.1) is 19.8 Å². The standard InChI is InChI=1S/C38H37BrO12/c1-15-11-23(40)13-26(47-9)29(15)37(45)51-34-22(8)21(7)31(33(41)32(34)39)38(46)49-24-12-16(2)28(19(5)17(24)3)36(44)50-25-14-27(48-10)30(35(42)43)20(6)18(25)4/h11-14,40-41H,1-10H3,(H,42,43). The first-order valence-electron chi connectivity index (χ1n) is 15.4. The SMILES string of the molecule is COc1cc(O)cc(C)c1C(=O)Oc1c(C)c(C)c(C(=O)Oc2cc(C)c(C(=O)Oc3cc(OC)c(C(=O)O)c(C)c3C)c(C)c2C)c(O)c1Br. The molecule has 0 bridgehead atoms. The van der Waals surface area contributed by atoms with Gasteiger partial charge in [0.15, 0.2) is 5.75 Å². The zero-order valence-electron chi connectivity index (χ0n) is 29.7.